The minimum absolute atomic E-state index is 0.122. The monoisotopic (exact) mass is 309 g/mol. The highest BCUT2D eigenvalue weighted by Crippen LogP contribution is 2.18. The first kappa shape index (κ1) is 15.1. The summed E-state index contributed by atoms with van der Waals surface area (Å²) in [4.78, 5) is 16.9. The molecule has 1 aromatic carbocycles. The Hall–Kier alpha value is -2.82. The lowest BCUT2D eigenvalue weighted by Crippen LogP contribution is -2.13. The maximum absolute atomic E-state index is 12.5. The van der Waals surface area contributed by atoms with Gasteiger partial charge >= 0.3 is 0 Å². The van der Waals surface area contributed by atoms with Crippen LogP contribution in [0.1, 0.15) is 29.9 Å². The van der Waals surface area contributed by atoms with E-state index < -0.39 is 0 Å². The van der Waals surface area contributed by atoms with Gasteiger partial charge in [0.2, 0.25) is 0 Å². The molecular formula is C18H19N3O2. The molecule has 118 valence electrons. The third-order valence-corrected chi connectivity index (χ3v) is 3.33. The zero-order valence-electron chi connectivity index (χ0n) is 13.4. The second-order valence-electron chi connectivity index (χ2n) is 5.68. The van der Waals surface area contributed by atoms with E-state index in [1.165, 1.54) is 0 Å². The van der Waals surface area contributed by atoms with Crippen molar-refractivity contribution in [3.63, 3.8) is 0 Å². The fourth-order valence-electron chi connectivity index (χ4n) is 2.40. The molecule has 0 radical (unpaired) electrons. The number of imidazole rings is 1. The van der Waals surface area contributed by atoms with Gasteiger partial charge in [-0.15, -0.1) is 0 Å². The molecule has 1 N–H and O–H groups in total. The van der Waals surface area contributed by atoms with Gasteiger partial charge in [0, 0.05) is 18.1 Å². The fourth-order valence-corrected chi connectivity index (χ4v) is 2.40. The molecule has 0 saturated heterocycles. The van der Waals surface area contributed by atoms with Crippen molar-refractivity contribution in [3.05, 3.63) is 60.0 Å². The number of hydrogen-bond acceptors (Lipinski definition) is 3. The van der Waals surface area contributed by atoms with Crippen LogP contribution >= 0.6 is 0 Å². The van der Waals surface area contributed by atoms with Crippen LogP contribution in [0.3, 0.4) is 0 Å². The van der Waals surface area contributed by atoms with Gasteiger partial charge in [-0.1, -0.05) is 0 Å². The number of aryl methyl sites for hydroxylation is 1. The maximum Gasteiger partial charge on any atom is 0.259 e. The first-order valence-electron chi connectivity index (χ1n) is 7.55. The lowest BCUT2D eigenvalue weighted by Gasteiger charge is -2.11. The minimum Gasteiger partial charge on any atom is -0.491 e. The largest absolute Gasteiger partial charge is 0.491 e. The minimum atomic E-state index is -0.182. The van der Waals surface area contributed by atoms with Crippen molar-refractivity contribution in [1.29, 1.82) is 0 Å². The molecular weight excluding hydrogens is 290 g/mol. The summed E-state index contributed by atoms with van der Waals surface area (Å²) in [5.74, 6) is 0.600. The first-order valence-corrected chi connectivity index (χ1v) is 7.55. The molecule has 0 aliphatic carbocycles. The van der Waals surface area contributed by atoms with Crippen LogP contribution in [-0.4, -0.2) is 21.4 Å². The number of benzene rings is 1. The molecule has 5 heteroatoms. The van der Waals surface area contributed by atoms with Crippen LogP contribution < -0.4 is 10.1 Å². The number of carbonyl (C=O) groups is 1. The molecule has 0 bridgehead atoms. The summed E-state index contributed by atoms with van der Waals surface area (Å²) < 4.78 is 7.44. The number of nitrogens with zero attached hydrogens (tertiary/aromatic N) is 2. The summed E-state index contributed by atoms with van der Waals surface area (Å²) >= 11 is 0. The predicted molar refractivity (Wildman–Crippen MR) is 90.1 cm³/mol. The van der Waals surface area contributed by atoms with Gasteiger partial charge < -0.3 is 14.5 Å². The highest BCUT2D eigenvalue weighted by atomic mass is 16.5. The molecule has 3 rings (SSSR count). The van der Waals surface area contributed by atoms with Crippen molar-refractivity contribution < 1.29 is 9.53 Å². The molecule has 1 amide bonds. The van der Waals surface area contributed by atoms with Crippen LogP contribution in [0, 0.1) is 6.92 Å². The van der Waals surface area contributed by atoms with Crippen LogP contribution in [0.2, 0.25) is 0 Å². The summed E-state index contributed by atoms with van der Waals surface area (Å²) in [5, 5.41) is 2.89. The van der Waals surface area contributed by atoms with E-state index in [0.29, 0.717) is 11.2 Å². The van der Waals surface area contributed by atoms with E-state index in [1.807, 2.05) is 67.9 Å². The Morgan fingerprint density at radius 2 is 1.96 bits per heavy atom. The van der Waals surface area contributed by atoms with Crippen LogP contribution in [-0.2, 0) is 0 Å². The van der Waals surface area contributed by atoms with Crippen molar-refractivity contribution >= 4 is 17.2 Å². The third-order valence-electron chi connectivity index (χ3n) is 3.33. The van der Waals surface area contributed by atoms with Crippen LogP contribution in [0.15, 0.2) is 48.8 Å². The number of anilines is 1. The smallest absolute Gasteiger partial charge is 0.259 e. The van der Waals surface area contributed by atoms with E-state index in [1.54, 1.807) is 6.07 Å². The molecule has 0 aliphatic heterocycles. The van der Waals surface area contributed by atoms with Gasteiger partial charge in [-0.25, -0.2) is 4.98 Å². The van der Waals surface area contributed by atoms with Gasteiger partial charge in [-0.3, -0.25) is 4.79 Å². The zero-order chi connectivity index (χ0) is 16.4. The lowest BCUT2D eigenvalue weighted by molar-refractivity contribution is 0.102. The van der Waals surface area contributed by atoms with E-state index in [-0.39, 0.29) is 12.0 Å². The SMILES string of the molecule is Cc1cn2cccc(C(=O)Nc3ccc(OC(C)C)cc3)c2n1. The third kappa shape index (κ3) is 3.34. The number of hydrogen-bond donors (Lipinski definition) is 1. The molecule has 3 aromatic rings. The van der Waals surface area contributed by atoms with Crippen molar-refractivity contribution in [2.24, 2.45) is 0 Å². The molecule has 5 nitrogen and oxygen atoms in total. The van der Waals surface area contributed by atoms with Crippen molar-refractivity contribution in [1.82, 2.24) is 9.38 Å². The maximum atomic E-state index is 12.5. The number of ether oxygens (including phenoxy) is 1. The Labute approximate surface area is 134 Å². The Bertz CT molecular complexity index is 835. The van der Waals surface area contributed by atoms with Crippen molar-refractivity contribution in [2.75, 3.05) is 5.32 Å². The second-order valence-corrected chi connectivity index (χ2v) is 5.68. The molecule has 0 saturated carbocycles. The molecule has 2 aromatic heterocycles. The van der Waals surface area contributed by atoms with Gasteiger partial charge in [0.05, 0.1) is 17.4 Å². The van der Waals surface area contributed by atoms with Crippen LogP contribution in [0.25, 0.3) is 5.65 Å². The van der Waals surface area contributed by atoms with Crippen molar-refractivity contribution in [3.8, 4) is 5.75 Å². The number of rotatable bonds is 4. The number of pyridine rings is 1. The normalized spacial score (nSPS) is 11.0. The Morgan fingerprint density at radius 3 is 2.65 bits per heavy atom. The Kier molecular flexibility index (Phi) is 4.02. The summed E-state index contributed by atoms with van der Waals surface area (Å²) in [5.41, 5.74) is 2.79. The highest BCUT2D eigenvalue weighted by Gasteiger charge is 2.12. The average Bonchev–Trinajstić information content (AvgIpc) is 2.88. The number of amides is 1. The fraction of sp³-hybridized carbons (Fsp3) is 0.222. The van der Waals surface area contributed by atoms with E-state index in [2.05, 4.69) is 10.3 Å². The van der Waals surface area contributed by atoms with E-state index in [9.17, 15) is 4.79 Å². The van der Waals surface area contributed by atoms with Crippen LogP contribution in [0.4, 0.5) is 5.69 Å². The Morgan fingerprint density at radius 1 is 1.22 bits per heavy atom. The predicted octanol–water partition coefficient (Wildman–Crippen LogP) is 3.68. The molecule has 0 atom stereocenters. The Balaban J connectivity index is 1.80. The molecule has 0 unspecified atom stereocenters. The van der Waals surface area contributed by atoms with E-state index in [4.69, 9.17) is 4.74 Å². The summed E-state index contributed by atoms with van der Waals surface area (Å²) in [6.45, 7) is 5.86. The quantitative estimate of drug-likeness (QED) is 0.800. The van der Waals surface area contributed by atoms with E-state index >= 15 is 0 Å². The van der Waals surface area contributed by atoms with Crippen molar-refractivity contribution in [2.45, 2.75) is 26.9 Å². The molecule has 23 heavy (non-hydrogen) atoms. The number of fused-ring (bicyclic) bond motifs is 1. The molecule has 0 spiro atoms. The molecule has 0 fully saturated rings. The number of aromatic nitrogens is 2. The van der Waals surface area contributed by atoms with Gasteiger partial charge in [0.1, 0.15) is 11.4 Å². The first-order chi connectivity index (χ1) is 11.0. The molecule has 0 aliphatic rings. The zero-order valence-corrected chi connectivity index (χ0v) is 13.4. The molecule has 2 heterocycles. The van der Waals surface area contributed by atoms with E-state index in [0.717, 1.165) is 17.1 Å². The standard InChI is InChI=1S/C18H19N3O2/c1-12(2)23-15-8-6-14(7-9-15)20-18(22)16-5-4-10-21-11-13(3)19-17(16)21/h4-12H,1-3H3,(H,20,22). The highest BCUT2D eigenvalue weighted by molar-refractivity contribution is 6.08. The summed E-state index contributed by atoms with van der Waals surface area (Å²) in [7, 11) is 0. The topological polar surface area (TPSA) is 55.6 Å². The number of carbonyl (C=O) groups excluding carboxylic acids is 1. The summed E-state index contributed by atoms with van der Waals surface area (Å²) in [6.07, 6.45) is 3.89. The van der Waals surface area contributed by atoms with Gasteiger partial charge in [-0.05, 0) is 57.2 Å². The second kappa shape index (κ2) is 6.12. The van der Waals surface area contributed by atoms with Gasteiger partial charge in [0.15, 0.2) is 0 Å². The van der Waals surface area contributed by atoms with Gasteiger partial charge in [-0.2, -0.15) is 0 Å². The van der Waals surface area contributed by atoms with Crippen LogP contribution in [0.5, 0.6) is 5.75 Å². The average molecular weight is 309 g/mol. The summed E-state index contributed by atoms with van der Waals surface area (Å²) in [6, 6.07) is 10.9. The lowest BCUT2D eigenvalue weighted by atomic mass is 10.2. The number of nitrogens with one attached hydrogen (secondary N) is 1. The van der Waals surface area contributed by atoms with Gasteiger partial charge in [0.25, 0.3) is 5.91 Å².